The second-order valence-corrected chi connectivity index (χ2v) is 4.59. The van der Waals surface area contributed by atoms with Crippen molar-refractivity contribution in [2.24, 2.45) is 23.3 Å². The molecule has 1 aliphatic rings. The summed E-state index contributed by atoms with van der Waals surface area (Å²) in [4.78, 5) is 22.7. The molecule has 0 saturated heterocycles. The molecule has 20 heavy (non-hydrogen) atoms. The van der Waals surface area contributed by atoms with Crippen molar-refractivity contribution in [2.75, 3.05) is 0 Å². The van der Waals surface area contributed by atoms with Gasteiger partial charge in [-0.1, -0.05) is 54.7 Å². The van der Waals surface area contributed by atoms with E-state index in [1.54, 1.807) is 36.4 Å². The lowest BCUT2D eigenvalue weighted by Crippen LogP contribution is -2.27. The van der Waals surface area contributed by atoms with Gasteiger partial charge in [-0.25, -0.2) is 0 Å². The van der Waals surface area contributed by atoms with E-state index >= 15 is 0 Å². The molecule has 4 heteroatoms. The van der Waals surface area contributed by atoms with Gasteiger partial charge in [-0.3, -0.25) is 9.59 Å². The Morgan fingerprint density at radius 3 is 2.45 bits per heavy atom. The summed E-state index contributed by atoms with van der Waals surface area (Å²) >= 11 is 0. The highest BCUT2D eigenvalue weighted by Gasteiger charge is 2.21. The standard InChI is InChI=1S/C16H16N2O2/c17-15(19)13-7-3-1-5-11(13)9-10-12-6-2-4-8-14(12)16(18)20/h1-11,13H,(H2,17,19)(H2,18,20). The van der Waals surface area contributed by atoms with Crippen LogP contribution in [0.1, 0.15) is 15.9 Å². The van der Waals surface area contributed by atoms with Gasteiger partial charge in [-0.05, 0) is 11.6 Å². The van der Waals surface area contributed by atoms with Crippen molar-refractivity contribution >= 4 is 17.9 Å². The normalized spacial score (nSPS) is 21.2. The Morgan fingerprint density at radius 1 is 1.05 bits per heavy atom. The third kappa shape index (κ3) is 3.03. The summed E-state index contributed by atoms with van der Waals surface area (Å²) in [5.41, 5.74) is 11.9. The highest BCUT2D eigenvalue weighted by atomic mass is 16.1. The van der Waals surface area contributed by atoms with Crippen molar-refractivity contribution in [3.8, 4) is 0 Å². The zero-order valence-electron chi connectivity index (χ0n) is 10.9. The van der Waals surface area contributed by atoms with Crippen molar-refractivity contribution in [3.05, 3.63) is 65.8 Å². The van der Waals surface area contributed by atoms with Crippen LogP contribution in [-0.2, 0) is 4.79 Å². The molecule has 1 aromatic rings. The Kier molecular flexibility index (Phi) is 4.15. The maximum atomic E-state index is 11.4. The molecule has 0 bridgehead atoms. The fourth-order valence-corrected chi connectivity index (χ4v) is 2.17. The van der Waals surface area contributed by atoms with Gasteiger partial charge in [-0.15, -0.1) is 0 Å². The average molecular weight is 268 g/mol. The average Bonchev–Trinajstić information content (AvgIpc) is 2.45. The lowest BCUT2D eigenvalue weighted by Gasteiger charge is -2.17. The van der Waals surface area contributed by atoms with Crippen LogP contribution in [-0.4, -0.2) is 11.8 Å². The van der Waals surface area contributed by atoms with Gasteiger partial charge in [0.2, 0.25) is 11.8 Å². The first-order chi connectivity index (χ1) is 9.59. The van der Waals surface area contributed by atoms with Gasteiger partial charge < -0.3 is 11.5 Å². The number of hydrogen-bond donors (Lipinski definition) is 2. The molecule has 0 saturated carbocycles. The SMILES string of the molecule is NC(=O)c1ccccc1C=CC1C=CC=CC1C(N)=O. The Morgan fingerprint density at radius 2 is 1.75 bits per heavy atom. The van der Waals surface area contributed by atoms with Gasteiger partial charge in [0.15, 0.2) is 0 Å². The monoisotopic (exact) mass is 268 g/mol. The minimum absolute atomic E-state index is 0.113. The van der Waals surface area contributed by atoms with Crippen molar-refractivity contribution in [3.63, 3.8) is 0 Å². The van der Waals surface area contributed by atoms with E-state index in [0.717, 1.165) is 5.56 Å². The Balaban J connectivity index is 2.25. The third-order valence-corrected chi connectivity index (χ3v) is 3.23. The summed E-state index contributed by atoms with van der Waals surface area (Å²) in [5, 5.41) is 0. The zero-order valence-corrected chi connectivity index (χ0v) is 10.9. The summed E-state index contributed by atoms with van der Waals surface area (Å²) in [5.74, 6) is -1.32. The summed E-state index contributed by atoms with van der Waals surface area (Å²) in [7, 11) is 0. The van der Waals surface area contributed by atoms with Gasteiger partial charge in [-0.2, -0.15) is 0 Å². The van der Waals surface area contributed by atoms with Gasteiger partial charge in [0.1, 0.15) is 0 Å². The van der Waals surface area contributed by atoms with Crippen LogP contribution in [0.4, 0.5) is 0 Å². The van der Waals surface area contributed by atoms with Gasteiger partial charge in [0.25, 0.3) is 0 Å². The number of rotatable bonds is 4. The summed E-state index contributed by atoms with van der Waals surface area (Å²) in [6.07, 6.45) is 11.0. The van der Waals surface area contributed by atoms with Crippen LogP contribution >= 0.6 is 0 Å². The lowest BCUT2D eigenvalue weighted by molar-refractivity contribution is -0.121. The van der Waals surface area contributed by atoms with Gasteiger partial charge in [0.05, 0.1) is 5.92 Å². The first-order valence-electron chi connectivity index (χ1n) is 6.31. The Bertz CT molecular complexity index is 615. The molecule has 2 atom stereocenters. The predicted molar refractivity (Wildman–Crippen MR) is 78.4 cm³/mol. The number of carbonyl (C=O) groups excluding carboxylic acids is 2. The van der Waals surface area contributed by atoms with E-state index in [4.69, 9.17) is 11.5 Å². The largest absolute Gasteiger partial charge is 0.369 e. The molecule has 0 heterocycles. The quantitative estimate of drug-likeness (QED) is 0.869. The lowest BCUT2D eigenvalue weighted by atomic mass is 9.87. The summed E-state index contributed by atoms with van der Waals surface area (Å²) < 4.78 is 0. The maximum Gasteiger partial charge on any atom is 0.249 e. The van der Waals surface area contributed by atoms with Crippen molar-refractivity contribution in [1.29, 1.82) is 0 Å². The Labute approximate surface area is 117 Å². The number of allylic oxidation sites excluding steroid dienone is 4. The van der Waals surface area contributed by atoms with E-state index in [1.165, 1.54) is 0 Å². The smallest absolute Gasteiger partial charge is 0.249 e. The molecule has 1 aliphatic carbocycles. The van der Waals surface area contributed by atoms with Crippen LogP contribution in [0.2, 0.25) is 0 Å². The van der Waals surface area contributed by atoms with Crippen LogP contribution in [0.3, 0.4) is 0 Å². The fraction of sp³-hybridized carbons (Fsp3) is 0.125. The minimum Gasteiger partial charge on any atom is -0.369 e. The fourth-order valence-electron chi connectivity index (χ4n) is 2.17. The molecule has 0 fully saturated rings. The highest BCUT2D eigenvalue weighted by Crippen LogP contribution is 2.22. The first-order valence-corrected chi connectivity index (χ1v) is 6.31. The van der Waals surface area contributed by atoms with Crippen LogP contribution in [0, 0.1) is 11.8 Å². The van der Waals surface area contributed by atoms with Crippen molar-refractivity contribution in [1.82, 2.24) is 0 Å². The molecule has 0 radical (unpaired) electrons. The molecule has 2 amide bonds. The number of nitrogens with two attached hydrogens (primary N) is 2. The van der Waals surface area contributed by atoms with Crippen molar-refractivity contribution < 1.29 is 9.59 Å². The molecular weight excluding hydrogens is 252 g/mol. The number of amides is 2. The molecule has 0 aromatic heterocycles. The number of benzene rings is 1. The van der Waals surface area contributed by atoms with E-state index in [-0.39, 0.29) is 17.7 Å². The highest BCUT2D eigenvalue weighted by molar-refractivity contribution is 5.96. The van der Waals surface area contributed by atoms with Crippen LogP contribution < -0.4 is 11.5 Å². The molecule has 2 unspecified atom stereocenters. The molecular formula is C16H16N2O2. The summed E-state index contributed by atoms with van der Waals surface area (Å²) in [6.45, 7) is 0. The summed E-state index contributed by atoms with van der Waals surface area (Å²) in [6, 6.07) is 7.06. The number of primary amides is 2. The van der Waals surface area contributed by atoms with E-state index in [9.17, 15) is 9.59 Å². The minimum atomic E-state index is -0.476. The van der Waals surface area contributed by atoms with Crippen LogP contribution in [0.25, 0.3) is 6.08 Å². The molecule has 2 rings (SSSR count). The van der Waals surface area contributed by atoms with E-state index in [0.29, 0.717) is 5.56 Å². The molecule has 4 nitrogen and oxygen atoms in total. The van der Waals surface area contributed by atoms with Gasteiger partial charge in [0, 0.05) is 11.5 Å². The third-order valence-electron chi connectivity index (χ3n) is 3.23. The van der Waals surface area contributed by atoms with E-state index in [1.807, 2.05) is 24.3 Å². The second kappa shape index (κ2) is 6.02. The maximum absolute atomic E-state index is 11.4. The van der Waals surface area contributed by atoms with Crippen LogP contribution in [0.15, 0.2) is 54.6 Å². The molecule has 4 N–H and O–H groups in total. The van der Waals surface area contributed by atoms with E-state index in [2.05, 4.69) is 0 Å². The van der Waals surface area contributed by atoms with E-state index < -0.39 is 5.91 Å². The topological polar surface area (TPSA) is 86.2 Å². The molecule has 0 aliphatic heterocycles. The molecule has 102 valence electrons. The molecule has 0 spiro atoms. The first kappa shape index (κ1) is 13.8. The van der Waals surface area contributed by atoms with Crippen LogP contribution in [0.5, 0.6) is 0 Å². The second-order valence-electron chi connectivity index (χ2n) is 4.59. The zero-order chi connectivity index (χ0) is 14.5. The molecule has 1 aromatic carbocycles. The van der Waals surface area contributed by atoms with Crippen molar-refractivity contribution in [2.45, 2.75) is 0 Å². The predicted octanol–water partition coefficient (Wildman–Crippen LogP) is 1.64. The van der Waals surface area contributed by atoms with Gasteiger partial charge >= 0.3 is 0 Å². The number of hydrogen-bond acceptors (Lipinski definition) is 2. The number of carbonyl (C=O) groups is 2. The Hall–Kier alpha value is -2.62.